The third kappa shape index (κ3) is 5.82. The van der Waals surface area contributed by atoms with Crippen LogP contribution in [0.5, 0.6) is 0 Å². The van der Waals surface area contributed by atoms with Crippen molar-refractivity contribution in [3.8, 4) is 22.7 Å². The van der Waals surface area contributed by atoms with Gasteiger partial charge in [-0.25, -0.2) is 0 Å². The molecular formula is C30H34BrN5O4. The smallest absolute Gasteiger partial charge is 0.313 e. The van der Waals surface area contributed by atoms with E-state index >= 15 is 0 Å². The van der Waals surface area contributed by atoms with E-state index < -0.39 is 5.41 Å². The molecule has 0 saturated heterocycles. The lowest BCUT2D eigenvalue weighted by atomic mass is 9.85. The van der Waals surface area contributed by atoms with Gasteiger partial charge in [0, 0.05) is 36.0 Å². The fraction of sp³-hybridized carbons (Fsp3) is 0.433. The van der Waals surface area contributed by atoms with Gasteiger partial charge < -0.3 is 14.1 Å². The van der Waals surface area contributed by atoms with Crippen LogP contribution >= 0.6 is 15.9 Å². The molecule has 5 rings (SSSR count). The molecule has 4 aromatic rings. The molecule has 0 atom stereocenters. The molecule has 210 valence electrons. The summed E-state index contributed by atoms with van der Waals surface area (Å²) in [6, 6.07) is 13.8. The monoisotopic (exact) mass is 607 g/mol. The predicted molar refractivity (Wildman–Crippen MR) is 155 cm³/mol. The molecule has 0 aliphatic heterocycles. The summed E-state index contributed by atoms with van der Waals surface area (Å²) >= 11 is 3.75. The van der Waals surface area contributed by atoms with Crippen molar-refractivity contribution in [3.63, 3.8) is 0 Å². The minimum Gasteiger partial charge on any atom is -0.466 e. The second-order valence-electron chi connectivity index (χ2n) is 10.4. The van der Waals surface area contributed by atoms with Crippen LogP contribution in [0, 0.1) is 5.41 Å². The molecule has 10 heteroatoms. The maximum atomic E-state index is 13.4. The first-order chi connectivity index (χ1) is 19.4. The first-order valence-corrected chi connectivity index (χ1v) is 14.7. The number of carbonyl (C=O) groups is 2. The molecule has 0 bridgehead atoms. The zero-order valence-electron chi connectivity index (χ0n) is 22.9. The largest absolute Gasteiger partial charge is 0.466 e. The van der Waals surface area contributed by atoms with Gasteiger partial charge in [-0.05, 0) is 65.0 Å². The Morgan fingerprint density at radius 1 is 1.10 bits per heavy atom. The number of furan rings is 1. The van der Waals surface area contributed by atoms with Crippen LogP contribution in [-0.2, 0) is 20.9 Å². The summed E-state index contributed by atoms with van der Waals surface area (Å²) < 4.78 is 12.5. The van der Waals surface area contributed by atoms with Crippen LogP contribution in [0.4, 0.5) is 0 Å². The first kappa shape index (κ1) is 28.0. The molecule has 0 radical (unpaired) electrons. The number of halogens is 1. The topological polar surface area (TPSA) is 114 Å². The van der Waals surface area contributed by atoms with Gasteiger partial charge in [0.25, 0.3) is 0 Å². The van der Waals surface area contributed by atoms with Gasteiger partial charge in [-0.3, -0.25) is 9.59 Å². The van der Waals surface area contributed by atoms with Gasteiger partial charge >= 0.3 is 5.97 Å². The van der Waals surface area contributed by atoms with Gasteiger partial charge in [0.05, 0.1) is 16.5 Å². The first-order valence-electron chi connectivity index (χ1n) is 13.9. The van der Waals surface area contributed by atoms with Crippen LogP contribution in [0.1, 0.15) is 64.4 Å². The second-order valence-corrected chi connectivity index (χ2v) is 11.2. The number of fused-ring (bicyclic) bond motifs is 1. The van der Waals surface area contributed by atoms with Crippen molar-refractivity contribution in [1.82, 2.24) is 25.5 Å². The van der Waals surface area contributed by atoms with Crippen molar-refractivity contribution in [2.24, 2.45) is 5.41 Å². The van der Waals surface area contributed by atoms with Crippen molar-refractivity contribution < 1.29 is 18.7 Å². The number of rotatable bonds is 11. The van der Waals surface area contributed by atoms with Gasteiger partial charge in [0.1, 0.15) is 11.3 Å². The lowest BCUT2D eigenvalue weighted by molar-refractivity contribution is -0.157. The van der Waals surface area contributed by atoms with Crippen molar-refractivity contribution in [1.29, 1.82) is 0 Å². The SMILES string of the molecule is CCCCC(=O)N(Cc1ccc2oc(-c3ccc(-c4nn[nH]n4)cc3)c(Br)c2c1)CC1(C(=O)OCC)CCCC1. The summed E-state index contributed by atoms with van der Waals surface area (Å²) in [5.74, 6) is 1.14. The Labute approximate surface area is 241 Å². The number of amides is 1. The average molecular weight is 609 g/mol. The number of hydrogen-bond acceptors (Lipinski definition) is 7. The fourth-order valence-electron chi connectivity index (χ4n) is 5.52. The highest BCUT2D eigenvalue weighted by Gasteiger charge is 2.44. The number of tetrazole rings is 1. The van der Waals surface area contributed by atoms with Crippen LogP contribution in [-0.4, -0.2) is 50.6 Å². The Hall–Kier alpha value is -3.53. The Morgan fingerprint density at radius 3 is 2.52 bits per heavy atom. The summed E-state index contributed by atoms with van der Waals surface area (Å²) in [6.07, 6.45) is 5.69. The van der Waals surface area contributed by atoms with Crippen LogP contribution in [0.15, 0.2) is 51.4 Å². The summed E-state index contributed by atoms with van der Waals surface area (Å²) in [4.78, 5) is 28.3. The number of hydrogen-bond donors (Lipinski definition) is 1. The molecular weight excluding hydrogens is 574 g/mol. The van der Waals surface area contributed by atoms with Gasteiger partial charge in [0.15, 0.2) is 0 Å². The minimum absolute atomic E-state index is 0.0751. The average Bonchev–Trinajstić information content (AvgIpc) is 3.74. The zero-order valence-corrected chi connectivity index (χ0v) is 24.5. The third-order valence-electron chi connectivity index (χ3n) is 7.68. The maximum absolute atomic E-state index is 13.4. The van der Waals surface area contributed by atoms with E-state index in [1.165, 1.54) is 0 Å². The number of aromatic amines is 1. The molecule has 1 aliphatic rings. The van der Waals surface area contributed by atoms with Crippen LogP contribution in [0.3, 0.4) is 0 Å². The highest BCUT2D eigenvalue weighted by atomic mass is 79.9. The molecule has 0 spiro atoms. The highest BCUT2D eigenvalue weighted by molar-refractivity contribution is 9.10. The van der Waals surface area contributed by atoms with Crippen LogP contribution in [0.25, 0.3) is 33.7 Å². The van der Waals surface area contributed by atoms with E-state index in [9.17, 15) is 9.59 Å². The Balaban J connectivity index is 1.41. The molecule has 2 heterocycles. The number of esters is 1. The van der Waals surface area contributed by atoms with Gasteiger partial charge in [-0.15, -0.1) is 10.2 Å². The quantitative estimate of drug-likeness (QED) is 0.189. The fourth-order valence-corrected chi connectivity index (χ4v) is 6.14. The number of nitrogens with zero attached hydrogens (tertiary/aromatic N) is 4. The van der Waals surface area contributed by atoms with E-state index in [2.05, 4.69) is 49.5 Å². The summed E-state index contributed by atoms with van der Waals surface area (Å²) in [6.45, 7) is 5.06. The van der Waals surface area contributed by atoms with E-state index in [1.54, 1.807) is 0 Å². The van der Waals surface area contributed by atoms with Crippen molar-refractivity contribution in [2.75, 3.05) is 13.2 Å². The van der Waals surface area contributed by atoms with Crippen molar-refractivity contribution in [3.05, 3.63) is 52.5 Å². The summed E-state index contributed by atoms with van der Waals surface area (Å²) in [5.41, 5.74) is 2.86. The molecule has 2 aromatic heterocycles. The molecule has 1 amide bonds. The molecule has 1 saturated carbocycles. The highest BCUT2D eigenvalue weighted by Crippen LogP contribution is 2.41. The standard InChI is InChI=1S/C30H34BrN5O4/c1-3-5-8-25(37)36(19-30(15-6-7-16-30)29(38)39-4-2)18-20-9-14-24-23(17-20)26(31)27(40-24)21-10-12-22(13-11-21)28-32-34-35-33-28/h9-14,17H,3-8,15-16,18-19H2,1-2H3,(H,32,33,34,35). The number of H-pyrrole nitrogens is 1. The number of benzene rings is 2. The van der Waals surface area contributed by atoms with Gasteiger partial charge in [0.2, 0.25) is 11.7 Å². The number of ether oxygens (including phenoxy) is 1. The lowest BCUT2D eigenvalue weighted by Crippen LogP contribution is -2.44. The Kier molecular flexibility index (Phi) is 8.63. The van der Waals surface area contributed by atoms with Gasteiger partial charge in [-0.2, -0.15) is 5.21 Å². The van der Waals surface area contributed by atoms with Crippen molar-refractivity contribution >= 4 is 38.8 Å². The minimum atomic E-state index is -0.626. The van der Waals surface area contributed by atoms with E-state index in [0.29, 0.717) is 31.9 Å². The molecule has 1 fully saturated rings. The maximum Gasteiger partial charge on any atom is 0.313 e. The molecule has 0 unspecified atom stereocenters. The Bertz CT molecular complexity index is 1460. The third-order valence-corrected chi connectivity index (χ3v) is 8.46. The van der Waals surface area contributed by atoms with Crippen LogP contribution in [0.2, 0.25) is 0 Å². The van der Waals surface area contributed by atoms with E-state index in [0.717, 1.165) is 76.4 Å². The molecule has 40 heavy (non-hydrogen) atoms. The zero-order chi connectivity index (χ0) is 28.1. The number of aromatic nitrogens is 4. The predicted octanol–water partition coefficient (Wildman–Crippen LogP) is 6.68. The normalized spacial score (nSPS) is 14.5. The number of nitrogens with one attached hydrogen (secondary N) is 1. The number of carbonyl (C=O) groups excluding carboxylic acids is 2. The van der Waals surface area contributed by atoms with Crippen LogP contribution < -0.4 is 0 Å². The molecule has 9 nitrogen and oxygen atoms in total. The number of unbranched alkanes of at least 4 members (excludes halogenated alkanes) is 1. The van der Waals surface area contributed by atoms with Crippen molar-refractivity contribution in [2.45, 2.75) is 65.3 Å². The summed E-state index contributed by atoms with van der Waals surface area (Å²) in [5, 5.41) is 15.1. The van der Waals surface area contributed by atoms with E-state index in [4.69, 9.17) is 9.15 Å². The Morgan fingerprint density at radius 2 is 1.85 bits per heavy atom. The second kappa shape index (κ2) is 12.3. The molecule has 1 aliphatic carbocycles. The van der Waals surface area contributed by atoms with E-state index in [1.807, 2.05) is 48.2 Å². The van der Waals surface area contributed by atoms with E-state index in [-0.39, 0.29) is 11.9 Å². The van der Waals surface area contributed by atoms with Gasteiger partial charge in [-0.1, -0.05) is 56.5 Å². The summed E-state index contributed by atoms with van der Waals surface area (Å²) in [7, 11) is 0. The molecule has 1 N–H and O–H groups in total. The lowest BCUT2D eigenvalue weighted by Gasteiger charge is -2.34. The molecule has 2 aromatic carbocycles.